The van der Waals surface area contributed by atoms with Gasteiger partial charge in [-0.1, -0.05) is 12.1 Å². The number of carbonyl (C=O) groups excluding carboxylic acids is 1. The third-order valence-electron chi connectivity index (χ3n) is 4.41. The molecule has 0 aromatic heterocycles. The van der Waals surface area contributed by atoms with Gasteiger partial charge < -0.3 is 9.47 Å². The summed E-state index contributed by atoms with van der Waals surface area (Å²) in [6.45, 7) is 0.300. The van der Waals surface area contributed by atoms with E-state index in [1.165, 1.54) is 5.01 Å². The van der Waals surface area contributed by atoms with Gasteiger partial charge in [-0.05, 0) is 35.9 Å². The van der Waals surface area contributed by atoms with Crippen LogP contribution >= 0.6 is 0 Å². The third-order valence-corrected chi connectivity index (χ3v) is 5.02. The number of amides is 1. The smallest absolute Gasteiger partial charge is 0.243 e. The molecule has 2 aromatic rings. The minimum absolute atomic E-state index is 0.0624. The van der Waals surface area contributed by atoms with Gasteiger partial charge in [0.15, 0.2) is 11.5 Å². The Morgan fingerprint density at radius 2 is 1.72 bits per heavy atom. The van der Waals surface area contributed by atoms with Crippen molar-refractivity contribution in [3.63, 3.8) is 0 Å². The molecule has 1 amide bonds. The molecule has 1 aliphatic rings. The van der Waals surface area contributed by atoms with E-state index in [1.807, 2.05) is 18.2 Å². The molecule has 0 aliphatic carbocycles. The number of nitrogens with one attached hydrogen (secondary N) is 1. The van der Waals surface area contributed by atoms with Crippen molar-refractivity contribution < 1.29 is 22.7 Å². The standard InChI is InChI=1S/C20H23N3O5S/c1-27-18-10-6-15(12-19(18)28-2)17-9-11-20(24)23(21-17)13-14-4-7-16(8-5-14)22-29(3,25)26/h4-8,10,12,22H,9,11,13H2,1-3H3. The zero-order valence-electron chi connectivity index (χ0n) is 16.5. The summed E-state index contributed by atoms with van der Waals surface area (Å²) < 4.78 is 35.6. The predicted octanol–water partition coefficient (Wildman–Crippen LogP) is 2.60. The molecule has 9 heteroatoms. The molecule has 0 bridgehead atoms. The quantitative estimate of drug-likeness (QED) is 0.747. The van der Waals surface area contributed by atoms with E-state index in [0.717, 1.165) is 23.1 Å². The van der Waals surface area contributed by atoms with Crippen molar-refractivity contribution in [1.82, 2.24) is 5.01 Å². The van der Waals surface area contributed by atoms with E-state index in [-0.39, 0.29) is 5.91 Å². The summed E-state index contributed by atoms with van der Waals surface area (Å²) in [5.41, 5.74) is 2.97. The molecule has 8 nitrogen and oxygen atoms in total. The number of benzene rings is 2. The molecule has 0 saturated carbocycles. The van der Waals surface area contributed by atoms with Crippen LogP contribution in [0.4, 0.5) is 5.69 Å². The maximum Gasteiger partial charge on any atom is 0.243 e. The Hall–Kier alpha value is -3.07. The first-order valence-electron chi connectivity index (χ1n) is 8.96. The molecular formula is C20H23N3O5S. The molecule has 0 radical (unpaired) electrons. The molecule has 0 saturated heterocycles. The van der Waals surface area contributed by atoms with Gasteiger partial charge in [0.25, 0.3) is 0 Å². The van der Waals surface area contributed by atoms with Crippen molar-refractivity contribution in [2.75, 3.05) is 25.2 Å². The van der Waals surface area contributed by atoms with Crippen LogP contribution in [0.25, 0.3) is 0 Å². The lowest BCUT2D eigenvalue weighted by Gasteiger charge is -2.24. The molecule has 1 heterocycles. The summed E-state index contributed by atoms with van der Waals surface area (Å²) in [7, 11) is -0.182. The van der Waals surface area contributed by atoms with Gasteiger partial charge in [0.05, 0.1) is 32.7 Å². The van der Waals surface area contributed by atoms with Crippen LogP contribution in [0, 0.1) is 0 Å². The molecule has 2 aromatic carbocycles. The van der Waals surface area contributed by atoms with E-state index in [0.29, 0.717) is 36.6 Å². The molecule has 0 fully saturated rings. The van der Waals surface area contributed by atoms with Gasteiger partial charge in [-0.3, -0.25) is 9.52 Å². The Morgan fingerprint density at radius 3 is 2.34 bits per heavy atom. The van der Waals surface area contributed by atoms with Crippen molar-refractivity contribution >= 4 is 27.3 Å². The second kappa shape index (κ2) is 8.52. The summed E-state index contributed by atoms with van der Waals surface area (Å²) in [4.78, 5) is 12.3. The lowest BCUT2D eigenvalue weighted by atomic mass is 10.0. The highest BCUT2D eigenvalue weighted by atomic mass is 32.2. The Morgan fingerprint density at radius 1 is 1.03 bits per heavy atom. The number of hydrogen-bond acceptors (Lipinski definition) is 6. The van der Waals surface area contributed by atoms with Gasteiger partial charge in [0, 0.05) is 24.1 Å². The summed E-state index contributed by atoms with van der Waals surface area (Å²) in [5, 5.41) is 5.97. The number of nitrogens with zero attached hydrogens (tertiary/aromatic N) is 2. The van der Waals surface area contributed by atoms with Crippen LogP contribution in [-0.4, -0.2) is 45.5 Å². The van der Waals surface area contributed by atoms with Crippen LogP contribution in [0.3, 0.4) is 0 Å². The van der Waals surface area contributed by atoms with E-state index in [4.69, 9.17) is 9.47 Å². The topological polar surface area (TPSA) is 97.3 Å². The Bertz CT molecular complexity index is 1030. The fourth-order valence-corrected chi connectivity index (χ4v) is 3.58. The molecule has 3 rings (SSSR count). The lowest BCUT2D eigenvalue weighted by molar-refractivity contribution is -0.132. The second-order valence-electron chi connectivity index (χ2n) is 6.64. The van der Waals surface area contributed by atoms with Gasteiger partial charge in [-0.2, -0.15) is 5.10 Å². The zero-order valence-corrected chi connectivity index (χ0v) is 17.3. The number of rotatable bonds is 7. The molecule has 29 heavy (non-hydrogen) atoms. The van der Waals surface area contributed by atoms with Gasteiger partial charge in [0.2, 0.25) is 15.9 Å². The first-order chi connectivity index (χ1) is 13.8. The number of methoxy groups -OCH3 is 2. The van der Waals surface area contributed by atoms with Crippen LogP contribution < -0.4 is 14.2 Å². The van der Waals surface area contributed by atoms with Gasteiger partial charge >= 0.3 is 0 Å². The number of carbonyl (C=O) groups is 1. The molecule has 0 spiro atoms. The fraction of sp³-hybridized carbons (Fsp3) is 0.300. The molecule has 0 atom stereocenters. The largest absolute Gasteiger partial charge is 0.493 e. The average molecular weight is 417 g/mol. The third kappa shape index (κ3) is 5.26. The number of sulfonamides is 1. The van der Waals surface area contributed by atoms with Gasteiger partial charge in [-0.15, -0.1) is 0 Å². The number of ether oxygens (including phenoxy) is 2. The maximum atomic E-state index is 12.3. The van der Waals surface area contributed by atoms with E-state index < -0.39 is 10.0 Å². The summed E-state index contributed by atoms with van der Waals surface area (Å²) in [6.07, 6.45) is 2.00. The Balaban J connectivity index is 1.79. The summed E-state index contributed by atoms with van der Waals surface area (Å²) in [6, 6.07) is 12.4. The first-order valence-corrected chi connectivity index (χ1v) is 10.8. The van der Waals surface area contributed by atoms with Crippen LogP contribution in [0.15, 0.2) is 47.6 Å². The number of hydrazone groups is 1. The maximum absolute atomic E-state index is 12.3. The average Bonchev–Trinajstić information content (AvgIpc) is 2.69. The molecule has 1 aliphatic heterocycles. The first kappa shape index (κ1) is 20.7. The monoisotopic (exact) mass is 417 g/mol. The highest BCUT2D eigenvalue weighted by molar-refractivity contribution is 7.92. The highest BCUT2D eigenvalue weighted by Gasteiger charge is 2.22. The van der Waals surface area contributed by atoms with Crippen LogP contribution in [0.1, 0.15) is 24.0 Å². The zero-order chi connectivity index (χ0) is 21.0. The van der Waals surface area contributed by atoms with Crippen molar-refractivity contribution in [3.05, 3.63) is 53.6 Å². The van der Waals surface area contributed by atoms with Crippen molar-refractivity contribution in [2.24, 2.45) is 5.10 Å². The minimum atomic E-state index is -3.33. The van der Waals surface area contributed by atoms with E-state index in [2.05, 4.69) is 9.82 Å². The van der Waals surface area contributed by atoms with Crippen molar-refractivity contribution in [3.8, 4) is 11.5 Å². The fourth-order valence-electron chi connectivity index (χ4n) is 3.01. The lowest BCUT2D eigenvalue weighted by Crippen LogP contribution is -2.31. The summed E-state index contributed by atoms with van der Waals surface area (Å²) in [5.74, 6) is 1.17. The van der Waals surface area contributed by atoms with Crippen molar-refractivity contribution in [1.29, 1.82) is 0 Å². The molecule has 1 N–H and O–H groups in total. The molecular weight excluding hydrogens is 394 g/mol. The molecule has 0 unspecified atom stereocenters. The predicted molar refractivity (Wildman–Crippen MR) is 111 cm³/mol. The summed E-state index contributed by atoms with van der Waals surface area (Å²) >= 11 is 0. The second-order valence-corrected chi connectivity index (χ2v) is 8.39. The van der Waals surface area contributed by atoms with Crippen LogP contribution in [-0.2, 0) is 21.4 Å². The number of hydrogen-bond donors (Lipinski definition) is 1. The SMILES string of the molecule is COc1ccc(C2=NN(Cc3ccc(NS(C)(=O)=O)cc3)C(=O)CC2)cc1OC. The normalized spacial score (nSPS) is 14.4. The van der Waals surface area contributed by atoms with E-state index in [9.17, 15) is 13.2 Å². The van der Waals surface area contributed by atoms with E-state index in [1.54, 1.807) is 38.5 Å². The van der Waals surface area contributed by atoms with Crippen LogP contribution in [0.2, 0.25) is 0 Å². The van der Waals surface area contributed by atoms with Crippen molar-refractivity contribution in [2.45, 2.75) is 19.4 Å². The highest BCUT2D eigenvalue weighted by Crippen LogP contribution is 2.29. The van der Waals surface area contributed by atoms with Crippen LogP contribution in [0.5, 0.6) is 11.5 Å². The van der Waals surface area contributed by atoms with Gasteiger partial charge in [-0.25, -0.2) is 13.4 Å². The minimum Gasteiger partial charge on any atom is -0.493 e. The Kier molecular flexibility index (Phi) is 6.07. The molecule has 154 valence electrons. The van der Waals surface area contributed by atoms with Gasteiger partial charge in [0.1, 0.15) is 0 Å². The Labute approximate surface area is 170 Å². The van der Waals surface area contributed by atoms with E-state index >= 15 is 0 Å². The number of anilines is 1.